The number of phenols is 1. The van der Waals surface area contributed by atoms with Gasteiger partial charge in [-0.15, -0.1) is 0 Å². The number of halogens is 1. The molecule has 2 rings (SSSR count). The van der Waals surface area contributed by atoms with E-state index in [9.17, 15) is 9.90 Å². The largest absolute Gasteiger partial charge is 0.508 e. The number of hydrogen-bond donors (Lipinski definition) is 2. The summed E-state index contributed by atoms with van der Waals surface area (Å²) in [5.74, 6) is 0.855. The third kappa shape index (κ3) is 5.38. The number of hydrazone groups is 1. The highest BCUT2D eigenvalue weighted by Crippen LogP contribution is 2.28. The number of phenolic OH excluding ortho intramolecular Hbond substituents is 1. The molecule has 0 aliphatic rings. The molecule has 0 aliphatic heterocycles. The summed E-state index contributed by atoms with van der Waals surface area (Å²) in [6.07, 6.45) is 1.49. The minimum Gasteiger partial charge on any atom is -0.508 e. The second kappa shape index (κ2) is 8.49. The number of rotatable bonds is 6. The van der Waals surface area contributed by atoms with Crippen molar-refractivity contribution in [1.82, 2.24) is 5.43 Å². The van der Waals surface area contributed by atoms with Crippen molar-refractivity contribution in [2.24, 2.45) is 5.10 Å². The molecule has 0 fully saturated rings. The number of amides is 1. The van der Waals surface area contributed by atoms with Gasteiger partial charge in [0.25, 0.3) is 5.91 Å². The molecule has 0 saturated carbocycles. The predicted octanol–water partition coefficient (Wildman–Crippen LogP) is 3.81. The Morgan fingerprint density at radius 1 is 1.29 bits per heavy atom. The molecule has 0 saturated heterocycles. The lowest BCUT2D eigenvalue weighted by Crippen LogP contribution is -2.24. The summed E-state index contributed by atoms with van der Waals surface area (Å²) in [6, 6.07) is 12.3. The Bertz CT molecular complexity index is 728. The summed E-state index contributed by atoms with van der Waals surface area (Å²) in [5.41, 5.74) is 4.35. The van der Waals surface area contributed by atoms with Gasteiger partial charge in [0.15, 0.2) is 6.61 Å². The zero-order chi connectivity index (χ0) is 17.5. The number of ether oxygens (including phenoxy) is 1. The van der Waals surface area contributed by atoms with E-state index in [1.165, 1.54) is 11.8 Å². The summed E-state index contributed by atoms with van der Waals surface area (Å²) in [4.78, 5) is 11.7. The zero-order valence-corrected chi connectivity index (χ0v) is 15.1. The van der Waals surface area contributed by atoms with Crippen molar-refractivity contribution in [2.45, 2.75) is 19.8 Å². The van der Waals surface area contributed by atoms with Gasteiger partial charge in [-0.05, 0) is 69.4 Å². The van der Waals surface area contributed by atoms with Gasteiger partial charge in [0.2, 0.25) is 0 Å². The Labute approximate surface area is 149 Å². The van der Waals surface area contributed by atoms with Gasteiger partial charge in [0, 0.05) is 0 Å². The molecule has 0 bridgehead atoms. The number of benzene rings is 2. The highest BCUT2D eigenvalue weighted by molar-refractivity contribution is 9.10. The van der Waals surface area contributed by atoms with Crippen LogP contribution >= 0.6 is 15.9 Å². The van der Waals surface area contributed by atoms with E-state index in [1.54, 1.807) is 24.3 Å². The van der Waals surface area contributed by atoms with E-state index in [-0.39, 0.29) is 18.3 Å². The quantitative estimate of drug-likeness (QED) is 0.581. The van der Waals surface area contributed by atoms with Crippen LogP contribution in [0.2, 0.25) is 0 Å². The monoisotopic (exact) mass is 390 g/mol. The van der Waals surface area contributed by atoms with Crippen molar-refractivity contribution < 1.29 is 14.6 Å². The highest BCUT2D eigenvalue weighted by Gasteiger charge is 2.07. The second-order valence-electron chi connectivity index (χ2n) is 5.52. The van der Waals surface area contributed by atoms with Crippen LogP contribution < -0.4 is 10.2 Å². The third-order valence-electron chi connectivity index (χ3n) is 3.28. The lowest BCUT2D eigenvalue weighted by atomic mass is 10.0. The van der Waals surface area contributed by atoms with E-state index in [0.29, 0.717) is 11.7 Å². The Morgan fingerprint density at radius 3 is 2.62 bits per heavy atom. The molecular weight excluding hydrogens is 372 g/mol. The van der Waals surface area contributed by atoms with Gasteiger partial charge < -0.3 is 9.84 Å². The molecule has 0 aliphatic carbocycles. The van der Waals surface area contributed by atoms with Crippen LogP contribution in [-0.2, 0) is 4.79 Å². The van der Waals surface area contributed by atoms with Crippen LogP contribution in [0.15, 0.2) is 52.0 Å². The summed E-state index contributed by atoms with van der Waals surface area (Å²) >= 11 is 3.45. The Balaban J connectivity index is 1.84. The minimum absolute atomic E-state index is 0.132. The summed E-state index contributed by atoms with van der Waals surface area (Å²) in [5, 5.41) is 13.0. The minimum atomic E-state index is -0.357. The molecule has 2 aromatic rings. The van der Waals surface area contributed by atoms with Crippen molar-refractivity contribution in [3.8, 4) is 11.5 Å². The van der Waals surface area contributed by atoms with Gasteiger partial charge in [-0.3, -0.25) is 4.79 Å². The van der Waals surface area contributed by atoms with E-state index in [4.69, 9.17) is 4.74 Å². The van der Waals surface area contributed by atoms with Crippen LogP contribution in [0.4, 0.5) is 0 Å². The van der Waals surface area contributed by atoms with Gasteiger partial charge in [-0.25, -0.2) is 5.43 Å². The Morgan fingerprint density at radius 2 is 2.00 bits per heavy atom. The van der Waals surface area contributed by atoms with Gasteiger partial charge in [0.05, 0.1) is 10.7 Å². The van der Waals surface area contributed by atoms with Crippen molar-refractivity contribution in [3.05, 3.63) is 58.1 Å². The fourth-order valence-electron chi connectivity index (χ4n) is 1.91. The lowest BCUT2D eigenvalue weighted by Gasteiger charge is -2.10. The molecule has 0 aromatic heterocycles. The van der Waals surface area contributed by atoms with E-state index in [0.717, 1.165) is 10.0 Å². The SMILES string of the molecule is CC(C)c1ccc(OCC(=O)N/N=C/c2ccc(O)cc2)c(Br)c1. The molecule has 126 valence electrons. The van der Waals surface area contributed by atoms with Gasteiger partial charge in [-0.1, -0.05) is 19.9 Å². The first-order valence-electron chi connectivity index (χ1n) is 7.49. The molecule has 24 heavy (non-hydrogen) atoms. The maximum atomic E-state index is 11.7. The van der Waals surface area contributed by atoms with E-state index in [2.05, 4.69) is 40.3 Å². The molecule has 0 atom stereocenters. The Hall–Kier alpha value is -2.34. The predicted molar refractivity (Wildman–Crippen MR) is 97.6 cm³/mol. The first-order valence-corrected chi connectivity index (χ1v) is 8.28. The van der Waals surface area contributed by atoms with Crippen LogP contribution in [-0.4, -0.2) is 23.8 Å². The maximum absolute atomic E-state index is 11.7. The molecule has 2 N–H and O–H groups in total. The topological polar surface area (TPSA) is 70.9 Å². The smallest absolute Gasteiger partial charge is 0.277 e. The van der Waals surface area contributed by atoms with Crippen molar-refractivity contribution >= 4 is 28.1 Å². The van der Waals surface area contributed by atoms with Gasteiger partial charge in [0.1, 0.15) is 11.5 Å². The number of carbonyl (C=O) groups excluding carboxylic acids is 1. The average Bonchev–Trinajstić information content (AvgIpc) is 2.55. The molecule has 6 heteroatoms. The first kappa shape index (κ1) is 18.0. The van der Waals surface area contributed by atoms with Crippen molar-refractivity contribution in [2.75, 3.05) is 6.61 Å². The van der Waals surface area contributed by atoms with Crippen molar-refractivity contribution in [3.63, 3.8) is 0 Å². The molecule has 0 heterocycles. The maximum Gasteiger partial charge on any atom is 0.277 e. The zero-order valence-electron chi connectivity index (χ0n) is 13.5. The van der Waals surface area contributed by atoms with Gasteiger partial charge in [-0.2, -0.15) is 5.10 Å². The number of aromatic hydroxyl groups is 1. The fourth-order valence-corrected chi connectivity index (χ4v) is 2.42. The van der Waals surface area contributed by atoms with Crippen LogP contribution in [0, 0.1) is 0 Å². The average molecular weight is 391 g/mol. The third-order valence-corrected chi connectivity index (χ3v) is 3.90. The molecule has 2 aromatic carbocycles. The number of nitrogens with zero attached hydrogens (tertiary/aromatic N) is 1. The van der Waals surface area contributed by atoms with Gasteiger partial charge >= 0.3 is 0 Å². The fraction of sp³-hybridized carbons (Fsp3) is 0.222. The van der Waals surface area contributed by atoms with Crippen LogP contribution in [0.1, 0.15) is 30.9 Å². The summed E-state index contributed by atoms with van der Waals surface area (Å²) in [7, 11) is 0. The van der Waals surface area contributed by atoms with Crippen LogP contribution in [0.25, 0.3) is 0 Å². The molecule has 5 nitrogen and oxygen atoms in total. The molecule has 0 spiro atoms. The van der Waals surface area contributed by atoms with Crippen LogP contribution in [0.5, 0.6) is 11.5 Å². The van der Waals surface area contributed by atoms with E-state index in [1.807, 2.05) is 18.2 Å². The summed E-state index contributed by atoms with van der Waals surface area (Å²) in [6.45, 7) is 4.09. The normalized spacial score (nSPS) is 11.0. The van der Waals surface area contributed by atoms with E-state index < -0.39 is 0 Å². The second-order valence-corrected chi connectivity index (χ2v) is 6.37. The highest BCUT2D eigenvalue weighted by atomic mass is 79.9. The molecule has 0 radical (unpaired) electrons. The first-order chi connectivity index (χ1) is 11.5. The van der Waals surface area contributed by atoms with E-state index >= 15 is 0 Å². The molecule has 0 unspecified atom stereocenters. The van der Waals surface area contributed by atoms with Crippen molar-refractivity contribution in [1.29, 1.82) is 0 Å². The molecule has 1 amide bonds. The number of hydrogen-bond acceptors (Lipinski definition) is 4. The summed E-state index contributed by atoms with van der Waals surface area (Å²) < 4.78 is 6.30. The molecular formula is C18H19BrN2O3. The number of carbonyl (C=O) groups is 1. The number of nitrogens with one attached hydrogen (secondary N) is 1. The standard InChI is InChI=1S/C18H19BrN2O3/c1-12(2)14-5-8-17(16(19)9-14)24-11-18(23)21-20-10-13-3-6-15(22)7-4-13/h3-10,12,22H,11H2,1-2H3,(H,21,23)/b20-10+. The Kier molecular flexibility index (Phi) is 6.37. The van der Waals surface area contributed by atoms with Crippen LogP contribution in [0.3, 0.4) is 0 Å². The lowest BCUT2D eigenvalue weighted by molar-refractivity contribution is -0.123.